The molecule has 2 aromatic rings. The normalized spacial score (nSPS) is 25.6. The Hall–Kier alpha value is -2.15. The van der Waals surface area contributed by atoms with E-state index in [0.717, 1.165) is 18.7 Å². The molecule has 0 spiro atoms. The Balaban J connectivity index is 1.39. The van der Waals surface area contributed by atoms with Crippen molar-refractivity contribution in [2.75, 3.05) is 18.1 Å². The number of hydrogen-bond donors (Lipinski definition) is 1. The molecular weight excluding hydrogens is 438 g/mol. The summed E-state index contributed by atoms with van der Waals surface area (Å²) in [5.74, 6) is 0.861. The molecule has 5 nitrogen and oxygen atoms in total. The van der Waals surface area contributed by atoms with Crippen LogP contribution in [0.25, 0.3) is 0 Å². The van der Waals surface area contributed by atoms with E-state index < -0.39 is 0 Å². The molecule has 31 heavy (non-hydrogen) atoms. The standard InChI is InChI=1S/C23H23Cl2FN4O/c24-17-6-9-21(19(25)10-17)30-22(14-4-7-18(26)8-5-14)11-20(27-30)23(31)28-29-12-15-2-1-3-16(15)13-29/h4-10,15-16,22H,1-3,11-13H2,(H,28,31)/t15-,16?,22?/m0/s1. The number of nitrogens with one attached hydrogen (secondary N) is 1. The van der Waals surface area contributed by atoms with Crippen LogP contribution in [0.4, 0.5) is 10.1 Å². The van der Waals surface area contributed by atoms with Crippen LogP contribution < -0.4 is 10.4 Å². The molecule has 2 unspecified atom stereocenters. The van der Waals surface area contributed by atoms with Gasteiger partial charge < -0.3 is 0 Å². The number of benzene rings is 2. The van der Waals surface area contributed by atoms with Crippen molar-refractivity contribution < 1.29 is 9.18 Å². The quantitative estimate of drug-likeness (QED) is 0.681. The summed E-state index contributed by atoms with van der Waals surface area (Å²) in [4.78, 5) is 13.0. The van der Waals surface area contributed by atoms with Gasteiger partial charge in [-0.15, -0.1) is 0 Å². The number of rotatable bonds is 4. The minimum absolute atomic E-state index is 0.195. The molecule has 0 aromatic heterocycles. The molecule has 2 heterocycles. The first-order valence-electron chi connectivity index (χ1n) is 10.6. The van der Waals surface area contributed by atoms with Crippen LogP contribution >= 0.6 is 23.2 Å². The Kier molecular flexibility index (Phi) is 5.63. The molecule has 2 fully saturated rings. The average Bonchev–Trinajstić information content (AvgIpc) is 3.43. The molecule has 3 atom stereocenters. The molecule has 1 N–H and O–H groups in total. The summed E-state index contributed by atoms with van der Waals surface area (Å²) < 4.78 is 13.5. The van der Waals surface area contributed by atoms with E-state index in [1.807, 2.05) is 5.01 Å². The zero-order valence-electron chi connectivity index (χ0n) is 16.9. The van der Waals surface area contributed by atoms with Crippen LogP contribution in [0.1, 0.15) is 37.3 Å². The highest BCUT2D eigenvalue weighted by Gasteiger charge is 2.38. The maximum atomic E-state index is 13.5. The number of nitrogens with zero attached hydrogens (tertiary/aromatic N) is 3. The largest absolute Gasteiger partial charge is 0.284 e. The first-order chi connectivity index (χ1) is 15.0. The monoisotopic (exact) mass is 460 g/mol. The van der Waals surface area contributed by atoms with Gasteiger partial charge in [-0.2, -0.15) is 5.10 Å². The van der Waals surface area contributed by atoms with Crippen molar-refractivity contribution in [2.45, 2.75) is 31.7 Å². The zero-order chi connectivity index (χ0) is 21.5. The molecule has 1 aliphatic carbocycles. The van der Waals surface area contributed by atoms with E-state index >= 15 is 0 Å². The van der Waals surface area contributed by atoms with Gasteiger partial charge in [-0.25, -0.2) is 9.40 Å². The van der Waals surface area contributed by atoms with E-state index in [9.17, 15) is 9.18 Å². The first kappa shape index (κ1) is 20.7. The van der Waals surface area contributed by atoms with Gasteiger partial charge in [0.2, 0.25) is 0 Å². The lowest BCUT2D eigenvalue weighted by molar-refractivity contribution is -0.119. The smallest absolute Gasteiger partial charge is 0.281 e. The third kappa shape index (κ3) is 4.16. The van der Waals surface area contributed by atoms with Gasteiger partial charge >= 0.3 is 0 Å². The Morgan fingerprint density at radius 1 is 1.06 bits per heavy atom. The molecule has 1 saturated heterocycles. The van der Waals surface area contributed by atoms with Crippen LogP contribution in [0.5, 0.6) is 0 Å². The van der Waals surface area contributed by atoms with E-state index in [0.29, 0.717) is 39.7 Å². The number of hydrogen-bond acceptors (Lipinski definition) is 4. The van der Waals surface area contributed by atoms with Gasteiger partial charge in [0, 0.05) is 24.5 Å². The van der Waals surface area contributed by atoms with Gasteiger partial charge in [0.1, 0.15) is 11.5 Å². The van der Waals surface area contributed by atoms with Gasteiger partial charge in [-0.05, 0) is 60.6 Å². The summed E-state index contributed by atoms with van der Waals surface area (Å²) in [6, 6.07) is 11.2. The number of carbonyl (C=O) groups excluding carboxylic acids is 1. The Morgan fingerprint density at radius 2 is 1.77 bits per heavy atom. The van der Waals surface area contributed by atoms with Gasteiger partial charge in [0.25, 0.3) is 5.91 Å². The van der Waals surface area contributed by atoms with Crippen LogP contribution in [0.15, 0.2) is 47.6 Å². The SMILES string of the molecule is O=C(NN1CC2CCC[C@H]2C1)C1=NN(c2ccc(Cl)cc2Cl)C(c2ccc(F)cc2)C1. The molecular formula is C23H23Cl2FN4O. The average molecular weight is 461 g/mol. The van der Waals surface area contributed by atoms with E-state index in [2.05, 4.69) is 10.5 Å². The molecule has 1 amide bonds. The first-order valence-corrected chi connectivity index (χ1v) is 11.4. The second kappa shape index (κ2) is 8.41. The van der Waals surface area contributed by atoms with Crippen LogP contribution in [0.2, 0.25) is 10.0 Å². The van der Waals surface area contributed by atoms with E-state index in [-0.39, 0.29) is 17.8 Å². The molecule has 2 aliphatic heterocycles. The van der Waals surface area contributed by atoms with Gasteiger partial charge in [-0.1, -0.05) is 41.8 Å². The van der Waals surface area contributed by atoms with Crippen LogP contribution in [0, 0.1) is 17.7 Å². The summed E-state index contributed by atoms with van der Waals surface area (Å²) in [6.45, 7) is 1.80. The molecule has 1 saturated carbocycles. The van der Waals surface area contributed by atoms with Crippen molar-refractivity contribution in [1.82, 2.24) is 10.4 Å². The third-order valence-electron chi connectivity index (χ3n) is 6.57. The Morgan fingerprint density at radius 3 is 2.45 bits per heavy atom. The van der Waals surface area contributed by atoms with Crippen LogP contribution in [-0.2, 0) is 4.79 Å². The second-order valence-electron chi connectivity index (χ2n) is 8.56. The maximum Gasteiger partial charge on any atom is 0.281 e. The number of hydrazone groups is 1. The minimum atomic E-state index is -0.309. The molecule has 162 valence electrons. The highest BCUT2D eigenvalue weighted by atomic mass is 35.5. The Labute approximate surface area is 190 Å². The lowest BCUT2D eigenvalue weighted by Crippen LogP contribution is -2.44. The fourth-order valence-corrected chi connectivity index (χ4v) is 5.51. The molecule has 0 bridgehead atoms. The fourth-order valence-electron chi connectivity index (χ4n) is 5.02. The van der Waals surface area contributed by atoms with E-state index in [4.69, 9.17) is 23.2 Å². The van der Waals surface area contributed by atoms with E-state index in [1.165, 1.54) is 31.4 Å². The molecule has 0 radical (unpaired) electrons. The molecule has 3 aliphatic rings. The predicted molar refractivity (Wildman–Crippen MR) is 121 cm³/mol. The van der Waals surface area contributed by atoms with Crippen molar-refractivity contribution in [2.24, 2.45) is 16.9 Å². The Bertz CT molecular complexity index is 1020. The maximum absolute atomic E-state index is 13.5. The third-order valence-corrected chi connectivity index (χ3v) is 7.11. The number of hydrazine groups is 1. The zero-order valence-corrected chi connectivity index (χ0v) is 18.4. The van der Waals surface area contributed by atoms with Crippen molar-refractivity contribution in [3.8, 4) is 0 Å². The lowest BCUT2D eigenvalue weighted by Gasteiger charge is -2.25. The summed E-state index contributed by atoms with van der Waals surface area (Å²) in [5, 5.41) is 9.36. The molecule has 2 aromatic carbocycles. The van der Waals surface area contributed by atoms with Crippen molar-refractivity contribution in [3.63, 3.8) is 0 Å². The number of halogens is 3. The molecule has 5 rings (SSSR count). The minimum Gasteiger partial charge on any atom is -0.284 e. The van der Waals surface area contributed by atoms with Crippen LogP contribution in [0.3, 0.4) is 0 Å². The number of fused-ring (bicyclic) bond motifs is 1. The highest BCUT2D eigenvalue weighted by molar-refractivity contribution is 6.40. The number of anilines is 1. The number of amides is 1. The summed E-state index contributed by atoms with van der Waals surface area (Å²) in [5.41, 5.74) is 4.99. The van der Waals surface area contributed by atoms with E-state index in [1.54, 1.807) is 35.3 Å². The summed E-state index contributed by atoms with van der Waals surface area (Å²) >= 11 is 12.5. The summed E-state index contributed by atoms with van der Waals surface area (Å²) in [7, 11) is 0. The second-order valence-corrected chi connectivity index (χ2v) is 9.40. The van der Waals surface area contributed by atoms with Crippen molar-refractivity contribution in [1.29, 1.82) is 0 Å². The highest BCUT2D eigenvalue weighted by Crippen LogP contribution is 2.40. The fraction of sp³-hybridized carbons (Fsp3) is 0.391. The van der Waals surface area contributed by atoms with Gasteiger partial charge in [0.15, 0.2) is 0 Å². The van der Waals surface area contributed by atoms with Crippen LogP contribution in [-0.4, -0.2) is 29.7 Å². The van der Waals surface area contributed by atoms with Crippen molar-refractivity contribution in [3.05, 3.63) is 63.9 Å². The van der Waals surface area contributed by atoms with Crippen molar-refractivity contribution >= 4 is 40.5 Å². The van der Waals surface area contributed by atoms with Gasteiger partial charge in [-0.3, -0.25) is 15.2 Å². The predicted octanol–water partition coefficient (Wildman–Crippen LogP) is 5.20. The molecule has 8 heteroatoms. The number of carbonyl (C=O) groups is 1. The summed E-state index contributed by atoms with van der Waals surface area (Å²) in [6.07, 6.45) is 4.18. The van der Waals surface area contributed by atoms with Gasteiger partial charge in [0.05, 0.1) is 16.8 Å². The topological polar surface area (TPSA) is 47.9 Å². The lowest BCUT2D eigenvalue weighted by atomic mass is 10.0.